The molecule has 4 aromatic rings. The SMILES string of the molecule is CCOCCn1c(=NC(=O)c2ccc(C(=O)c3ccccc3)cc2)sc2ccc([N+](=O)[O-])cc21. The number of benzene rings is 3. The van der Waals surface area contributed by atoms with Gasteiger partial charge in [0.2, 0.25) is 0 Å². The maximum Gasteiger partial charge on any atom is 0.279 e. The average Bonchev–Trinajstić information content (AvgIpc) is 3.20. The van der Waals surface area contributed by atoms with Crippen LogP contribution in [0.3, 0.4) is 0 Å². The largest absolute Gasteiger partial charge is 0.380 e. The normalized spacial score (nSPS) is 11.6. The van der Waals surface area contributed by atoms with Gasteiger partial charge in [-0.3, -0.25) is 19.7 Å². The third-order valence-electron chi connectivity index (χ3n) is 5.17. The van der Waals surface area contributed by atoms with Crippen LogP contribution < -0.4 is 4.80 Å². The Morgan fingerprint density at radius 2 is 1.68 bits per heavy atom. The van der Waals surface area contributed by atoms with Crippen LogP contribution in [0.2, 0.25) is 0 Å². The Balaban J connectivity index is 1.67. The van der Waals surface area contributed by atoms with Crippen molar-refractivity contribution >= 4 is 38.9 Å². The summed E-state index contributed by atoms with van der Waals surface area (Å²) >= 11 is 1.27. The molecule has 0 aliphatic rings. The van der Waals surface area contributed by atoms with Crippen LogP contribution in [0.25, 0.3) is 10.2 Å². The van der Waals surface area contributed by atoms with E-state index in [2.05, 4.69) is 4.99 Å². The first-order chi connectivity index (χ1) is 16.5. The van der Waals surface area contributed by atoms with E-state index in [0.29, 0.717) is 46.8 Å². The number of ether oxygens (including phenoxy) is 1. The van der Waals surface area contributed by atoms with E-state index in [4.69, 9.17) is 4.74 Å². The summed E-state index contributed by atoms with van der Waals surface area (Å²) in [6.45, 7) is 3.18. The number of hydrogen-bond donors (Lipinski definition) is 0. The Morgan fingerprint density at radius 3 is 2.35 bits per heavy atom. The van der Waals surface area contributed by atoms with Gasteiger partial charge in [0.25, 0.3) is 11.6 Å². The lowest BCUT2D eigenvalue weighted by Crippen LogP contribution is -2.19. The predicted octanol–water partition coefficient (Wildman–Crippen LogP) is 4.62. The first kappa shape index (κ1) is 23.2. The van der Waals surface area contributed by atoms with Gasteiger partial charge in [-0.15, -0.1) is 0 Å². The zero-order valence-corrected chi connectivity index (χ0v) is 19.2. The molecule has 172 valence electrons. The molecule has 0 spiro atoms. The molecule has 3 aromatic carbocycles. The van der Waals surface area contributed by atoms with Crippen molar-refractivity contribution in [3.8, 4) is 0 Å². The lowest BCUT2D eigenvalue weighted by atomic mass is 10.0. The highest BCUT2D eigenvalue weighted by Gasteiger charge is 2.14. The molecule has 8 nitrogen and oxygen atoms in total. The lowest BCUT2D eigenvalue weighted by molar-refractivity contribution is -0.384. The van der Waals surface area contributed by atoms with E-state index in [0.717, 1.165) is 4.70 Å². The van der Waals surface area contributed by atoms with Gasteiger partial charge in [-0.05, 0) is 25.1 Å². The number of carbonyl (C=O) groups is 2. The molecule has 34 heavy (non-hydrogen) atoms. The molecule has 0 radical (unpaired) electrons. The molecule has 0 bridgehead atoms. The van der Waals surface area contributed by atoms with E-state index < -0.39 is 10.8 Å². The molecule has 1 heterocycles. The number of rotatable bonds is 8. The minimum atomic E-state index is -0.468. The minimum absolute atomic E-state index is 0.0352. The van der Waals surface area contributed by atoms with Gasteiger partial charge in [0.15, 0.2) is 10.6 Å². The smallest absolute Gasteiger partial charge is 0.279 e. The summed E-state index contributed by atoms with van der Waals surface area (Å²) in [7, 11) is 0. The lowest BCUT2D eigenvalue weighted by Gasteiger charge is -2.05. The van der Waals surface area contributed by atoms with Crippen molar-refractivity contribution in [1.82, 2.24) is 4.57 Å². The van der Waals surface area contributed by atoms with Crippen molar-refractivity contribution < 1.29 is 19.2 Å². The Kier molecular flexibility index (Phi) is 7.05. The fourth-order valence-electron chi connectivity index (χ4n) is 3.44. The van der Waals surface area contributed by atoms with Crippen LogP contribution in [0.4, 0.5) is 5.69 Å². The molecule has 0 unspecified atom stereocenters. The number of non-ortho nitro benzene ring substituents is 1. The first-order valence-corrected chi connectivity index (χ1v) is 11.4. The summed E-state index contributed by atoms with van der Waals surface area (Å²) in [6, 6.07) is 19.8. The van der Waals surface area contributed by atoms with Gasteiger partial charge in [0, 0.05) is 42.0 Å². The van der Waals surface area contributed by atoms with Crippen molar-refractivity contribution in [2.24, 2.45) is 4.99 Å². The molecule has 9 heteroatoms. The fraction of sp³-hybridized carbons (Fsp3) is 0.160. The quantitative estimate of drug-likeness (QED) is 0.160. The maximum atomic E-state index is 12.9. The predicted molar refractivity (Wildman–Crippen MR) is 129 cm³/mol. The van der Waals surface area contributed by atoms with Crippen LogP contribution in [0.1, 0.15) is 33.2 Å². The number of carbonyl (C=O) groups excluding carboxylic acids is 2. The molecule has 4 rings (SSSR count). The van der Waals surface area contributed by atoms with E-state index in [9.17, 15) is 19.7 Å². The average molecular weight is 476 g/mol. The molecular weight excluding hydrogens is 454 g/mol. The number of fused-ring (bicyclic) bond motifs is 1. The van der Waals surface area contributed by atoms with Crippen LogP contribution in [-0.4, -0.2) is 34.4 Å². The van der Waals surface area contributed by atoms with E-state index in [1.807, 2.05) is 13.0 Å². The monoisotopic (exact) mass is 475 g/mol. The molecular formula is C25H21N3O5S. The first-order valence-electron chi connectivity index (χ1n) is 10.6. The Bertz CT molecular complexity index is 1420. The van der Waals surface area contributed by atoms with Crippen LogP contribution >= 0.6 is 11.3 Å². The molecule has 0 atom stereocenters. The van der Waals surface area contributed by atoms with Gasteiger partial charge in [-0.1, -0.05) is 53.8 Å². The second-order valence-electron chi connectivity index (χ2n) is 7.33. The zero-order chi connectivity index (χ0) is 24.1. The Labute approximate surface area is 198 Å². The number of aromatic nitrogens is 1. The molecule has 0 fully saturated rings. The fourth-order valence-corrected chi connectivity index (χ4v) is 4.48. The van der Waals surface area contributed by atoms with Gasteiger partial charge in [-0.2, -0.15) is 4.99 Å². The third-order valence-corrected chi connectivity index (χ3v) is 6.23. The second-order valence-corrected chi connectivity index (χ2v) is 8.34. The van der Waals surface area contributed by atoms with Gasteiger partial charge in [0.05, 0.1) is 21.7 Å². The van der Waals surface area contributed by atoms with E-state index in [1.54, 1.807) is 59.2 Å². The van der Waals surface area contributed by atoms with Crippen LogP contribution in [-0.2, 0) is 11.3 Å². The van der Waals surface area contributed by atoms with E-state index in [1.165, 1.54) is 23.5 Å². The topological polar surface area (TPSA) is 104 Å². The Morgan fingerprint density at radius 1 is 1.00 bits per heavy atom. The number of nitro groups is 1. The Hall–Kier alpha value is -3.95. The summed E-state index contributed by atoms with van der Waals surface area (Å²) in [6.07, 6.45) is 0. The van der Waals surface area contributed by atoms with E-state index in [-0.39, 0.29) is 11.5 Å². The number of thiazole rings is 1. The highest BCUT2D eigenvalue weighted by Crippen LogP contribution is 2.23. The summed E-state index contributed by atoms with van der Waals surface area (Å²) in [5.41, 5.74) is 1.97. The molecule has 1 aromatic heterocycles. The van der Waals surface area contributed by atoms with Crippen molar-refractivity contribution in [3.63, 3.8) is 0 Å². The molecule has 1 amide bonds. The van der Waals surface area contributed by atoms with Crippen LogP contribution in [0, 0.1) is 10.1 Å². The van der Waals surface area contributed by atoms with Crippen LogP contribution in [0.15, 0.2) is 77.8 Å². The van der Waals surface area contributed by atoms with Gasteiger partial charge < -0.3 is 9.30 Å². The maximum absolute atomic E-state index is 12.9. The number of ketones is 1. The van der Waals surface area contributed by atoms with Crippen molar-refractivity contribution in [1.29, 1.82) is 0 Å². The van der Waals surface area contributed by atoms with Crippen LogP contribution in [0.5, 0.6) is 0 Å². The number of nitrogens with zero attached hydrogens (tertiary/aromatic N) is 3. The molecule has 0 aliphatic carbocycles. The molecule has 0 aliphatic heterocycles. The third kappa shape index (κ3) is 5.00. The molecule has 0 N–H and O–H groups in total. The summed E-state index contributed by atoms with van der Waals surface area (Å²) in [5.74, 6) is -0.596. The van der Waals surface area contributed by atoms with Gasteiger partial charge >= 0.3 is 0 Å². The summed E-state index contributed by atoms with van der Waals surface area (Å²) in [5, 5.41) is 11.2. The van der Waals surface area contributed by atoms with E-state index >= 15 is 0 Å². The van der Waals surface area contributed by atoms with Crippen molar-refractivity contribution in [2.75, 3.05) is 13.2 Å². The summed E-state index contributed by atoms with van der Waals surface area (Å²) in [4.78, 5) is 41.0. The summed E-state index contributed by atoms with van der Waals surface area (Å²) < 4.78 is 7.97. The zero-order valence-electron chi connectivity index (χ0n) is 18.3. The number of nitro benzene ring substituents is 1. The standard InChI is InChI=1S/C25H21N3O5S/c1-2-33-15-14-27-21-16-20(28(31)32)12-13-22(21)34-25(27)26-24(30)19-10-8-18(9-11-19)23(29)17-6-4-3-5-7-17/h3-13,16H,2,14-15H2,1H3. The van der Waals surface area contributed by atoms with Gasteiger partial charge in [0.1, 0.15) is 0 Å². The van der Waals surface area contributed by atoms with Gasteiger partial charge in [-0.25, -0.2) is 0 Å². The second kappa shape index (κ2) is 10.3. The highest BCUT2D eigenvalue weighted by molar-refractivity contribution is 7.16. The highest BCUT2D eigenvalue weighted by atomic mass is 32.1. The number of hydrogen-bond acceptors (Lipinski definition) is 6. The van der Waals surface area contributed by atoms with Crippen molar-refractivity contribution in [2.45, 2.75) is 13.5 Å². The minimum Gasteiger partial charge on any atom is -0.380 e. The van der Waals surface area contributed by atoms with Crippen molar-refractivity contribution in [3.05, 3.63) is 104 Å². The molecule has 0 saturated carbocycles. The number of amides is 1. The molecule has 0 saturated heterocycles.